The summed E-state index contributed by atoms with van der Waals surface area (Å²) < 4.78 is 5.45. The van der Waals surface area contributed by atoms with Crippen LogP contribution in [-0.4, -0.2) is 49.7 Å². The molecule has 1 heterocycles. The van der Waals surface area contributed by atoms with E-state index in [1.807, 2.05) is 0 Å². The number of guanidine groups is 1. The molecule has 0 radical (unpaired) electrons. The molecule has 1 spiro atoms. The van der Waals surface area contributed by atoms with Gasteiger partial charge >= 0.3 is 0 Å². The number of methoxy groups -OCH3 is 1. The quantitative estimate of drug-likeness (QED) is 0.452. The van der Waals surface area contributed by atoms with Crippen molar-refractivity contribution < 1.29 is 4.74 Å². The molecule has 5 heteroatoms. The molecule has 0 bridgehead atoms. The van der Waals surface area contributed by atoms with Gasteiger partial charge in [-0.25, -0.2) is 0 Å². The van der Waals surface area contributed by atoms with Crippen molar-refractivity contribution in [3.8, 4) is 0 Å². The second kappa shape index (κ2) is 7.29. The molecule has 0 amide bonds. The van der Waals surface area contributed by atoms with Gasteiger partial charge in [-0.3, -0.25) is 4.99 Å². The molecule has 0 atom stereocenters. The Morgan fingerprint density at radius 2 is 2.05 bits per heavy atom. The third-order valence-corrected chi connectivity index (χ3v) is 4.65. The average molecular weight is 395 g/mol. The van der Waals surface area contributed by atoms with E-state index in [-0.39, 0.29) is 29.6 Å². The van der Waals surface area contributed by atoms with Crippen LogP contribution in [0, 0.1) is 5.41 Å². The zero-order valence-electron chi connectivity index (χ0n) is 13.4. The molecular weight excluding hydrogens is 365 g/mol. The highest BCUT2D eigenvalue weighted by atomic mass is 127. The Balaban J connectivity index is 0.00000200. The van der Waals surface area contributed by atoms with E-state index in [4.69, 9.17) is 9.73 Å². The molecular formula is C15H30IN3O. The largest absolute Gasteiger partial charge is 0.377 e. The predicted octanol–water partition coefficient (Wildman–Crippen LogP) is 2.87. The highest BCUT2D eigenvalue weighted by Gasteiger charge is 2.43. The monoisotopic (exact) mass is 395 g/mol. The van der Waals surface area contributed by atoms with Crippen LogP contribution in [-0.2, 0) is 4.74 Å². The van der Waals surface area contributed by atoms with Crippen molar-refractivity contribution in [3.05, 3.63) is 0 Å². The topological polar surface area (TPSA) is 36.9 Å². The first-order valence-electron chi connectivity index (χ1n) is 7.59. The molecule has 1 saturated heterocycles. The smallest absolute Gasteiger partial charge is 0.194 e. The molecule has 0 aromatic heterocycles. The summed E-state index contributed by atoms with van der Waals surface area (Å²) in [6.45, 7) is 10.3. The van der Waals surface area contributed by atoms with Gasteiger partial charge < -0.3 is 15.0 Å². The van der Waals surface area contributed by atoms with Gasteiger partial charge in [-0.1, -0.05) is 6.42 Å². The lowest BCUT2D eigenvalue weighted by atomic mass is 9.68. The maximum atomic E-state index is 5.45. The summed E-state index contributed by atoms with van der Waals surface area (Å²) in [7, 11) is 1.75. The molecule has 0 aromatic rings. The minimum Gasteiger partial charge on any atom is -0.377 e. The van der Waals surface area contributed by atoms with Crippen LogP contribution in [0.1, 0.15) is 46.5 Å². The van der Waals surface area contributed by atoms with Gasteiger partial charge in [0.25, 0.3) is 0 Å². The average Bonchev–Trinajstić information content (AvgIpc) is 2.79. The Morgan fingerprint density at radius 3 is 2.50 bits per heavy atom. The second-order valence-corrected chi connectivity index (χ2v) is 6.66. The predicted molar refractivity (Wildman–Crippen MR) is 95.0 cm³/mol. The van der Waals surface area contributed by atoms with E-state index in [9.17, 15) is 0 Å². The van der Waals surface area contributed by atoms with E-state index in [1.54, 1.807) is 7.11 Å². The molecule has 2 aliphatic rings. The standard InChI is InChI=1S/C15H29N3O.HI/c1-5-16-13(17-11-14(2,3)19-4)18-10-9-15(12-18)7-6-8-15;/h5-12H2,1-4H3,(H,16,17);1H. The van der Waals surface area contributed by atoms with E-state index in [0.29, 0.717) is 12.0 Å². The van der Waals surface area contributed by atoms with Crippen LogP contribution in [0.3, 0.4) is 0 Å². The lowest BCUT2D eigenvalue weighted by Gasteiger charge is -2.38. The van der Waals surface area contributed by atoms with Gasteiger partial charge in [0.05, 0.1) is 12.1 Å². The van der Waals surface area contributed by atoms with E-state index in [0.717, 1.165) is 19.0 Å². The second-order valence-electron chi connectivity index (χ2n) is 6.66. The van der Waals surface area contributed by atoms with Crippen molar-refractivity contribution in [2.24, 2.45) is 10.4 Å². The SMILES string of the molecule is CCNC(=NCC(C)(C)OC)N1CCC2(CCC2)C1.I. The zero-order chi connectivity index (χ0) is 13.9. The molecule has 20 heavy (non-hydrogen) atoms. The summed E-state index contributed by atoms with van der Waals surface area (Å²) >= 11 is 0. The van der Waals surface area contributed by atoms with Gasteiger partial charge in [0.1, 0.15) is 0 Å². The van der Waals surface area contributed by atoms with Crippen molar-refractivity contribution in [1.82, 2.24) is 10.2 Å². The fraction of sp³-hybridized carbons (Fsp3) is 0.933. The summed E-state index contributed by atoms with van der Waals surface area (Å²) in [6, 6.07) is 0. The van der Waals surface area contributed by atoms with Crippen molar-refractivity contribution in [2.75, 3.05) is 33.3 Å². The summed E-state index contributed by atoms with van der Waals surface area (Å²) in [4.78, 5) is 7.21. The first-order valence-corrected chi connectivity index (χ1v) is 7.59. The summed E-state index contributed by atoms with van der Waals surface area (Å²) in [5.41, 5.74) is 0.432. The molecule has 2 fully saturated rings. The minimum atomic E-state index is -0.186. The van der Waals surface area contributed by atoms with Gasteiger partial charge in [0.15, 0.2) is 5.96 Å². The van der Waals surface area contributed by atoms with Gasteiger partial charge in [0.2, 0.25) is 0 Å². The number of nitrogens with one attached hydrogen (secondary N) is 1. The third-order valence-electron chi connectivity index (χ3n) is 4.65. The summed E-state index contributed by atoms with van der Waals surface area (Å²) in [6.07, 6.45) is 5.57. The highest BCUT2D eigenvalue weighted by molar-refractivity contribution is 14.0. The van der Waals surface area contributed by atoms with Crippen LogP contribution in [0.4, 0.5) is 0 Å². The minimum absolute atomic E-state index is 0. The van der Waals surface area contributed by atoms with Crippen LogP contribution >= 0.6 is 24.0 Å². The van der Waals surface area contributed by atoms with Crippen LogP contribution < -0.4 is 5.32 Å². The molecule has 118 valence electrons. The number of rotatable bonds is 4. The maximum absolute atomic E-state index is 5.45. The number of aliphatic imine (C=N–C) groups is 1. The Hall–Kier alpha value is -0.0400. The number of likely N-dealkylation sites (tertiary alicyclic amines) is 1. The molecule has 1 aliphatic heterocycles. The lowest BCUT2D eigenvalue weighted by Crippen LogP contribution is -2.43. The molecule has 0 unspecified atom stereocenters. The third kappa shape index (κ3) is 4.23. The Morgan fingerprint density at radius 1 is 1.35 bits per heavy atom. The van der Waals surface area contributed by atoms with E-state index >= 15 is 0 Å². The zero-order valence-corrected chi connectivity index (χ0v) is 15.7. The normalized spacial score (nSPS) is 21.6. The van der Waals surface area contributed by atoms with Crippen LogP contribution in [0.2, 0.25) is 0 Å². The van der Waals surface area contributed by atoms with Crippen LogP contribution in [0.25, 0.3) is 0 Å². The Bertz CT molecular complexity index is 340. The highest BCUT2D eigenvalue weighted by Crippen LogP contribution is 2.47. The Labute approximate surface area is 140 Å². The number of nitrogens with zero attached hydrogens (tertiary/aromatic N) is 2. The molecule has 4 nitrogen and oxygen atoms in total. The van der Waals surface area contributed by atoms with Gasteiger partial charge in [0, 0.05) is 26.7 Å². The van der Waals surface area contributed by atoms with Gasteiger partial charge in [-0.05, 0) is 45.4 Å². The maximum Gasteiger partial charge on any atom is 0.194 e. The van der Waals surface area contributed by atoms with Crippen LogP contribution in [0.5, 0.6) is 0 Å². The first kappa shape index (κ1) is 18.0. The molecule has 1 N–H and O–H groups in total. The number of hydrogen-bond donors (Lipinski definition) is 1. The Kier molecular flexibility index (Phi) is 6.57. The first-order chi connectivity index (χ1) is 9.00. The summed E-state index contributed by atoms with van der Waals surface area (Å²) in [5.74, 6) is 1.07. The lowest BCUT2D eigenvalue weighted by molar-refractivity contribution is 0.0309. The molecule has 2 rings (SSSR count). The van der Waals surface area contributed by atoms with Gasteiger partial charge in [-0.15, -0.1) is 24.0 Å². The van der Waals surface area contributed by atoms with Crippen LogP contribution in [0.15, 0.2) is 4.99 Å². The van der Waals surface area contributed by atoms with E-state index < -0.39 is 0 Å². The molecule has 1 aliphatic carbocycles. The van der Waals surface area contributed by atoms with Gasteiger partial charge in [-0.2, -0.15) is 0 Å². The van der Waals surface area contributed by atoms with E-state index in [1.165, 1.54) is 32.2 Å². The number of ether oxygens (including phenoxy) is 1. The van der Waals surface area contributed by atoms with Crippen molar-refractivity contribution in [3.63, 3.8) is 0 Å². The van der Waals surface area contributed by atoms with Crippen molar-refractivity contribution >= 4 is 29.9 Å². The van der Waals surface area contributed by atoms with Crippen molar-refractivity contribution in [1.29, 1.82) is 0 Å². The summed E-state index contributed by atoms with van der Waals surface area (Å²) in [5, 5.41) is 3.43. The van der Waals surface area contributed by atoms with E-state index in [2.05, 4.69) is 31.0 Å². The molecule has 0 aromatic carbocycles. The number of halogens is 1. The molecule has 1 saturated carbocycles. The number of hydrogen-bond acceptors (Lipinski definition) is 2. The van der Waals surface area contributed by atoms with Crippen molar-refractivity contribution in [2.45, 2.75) is 52.1 Å². The fourth-order valence-corrected chi connectivity index (χ4v) is 2.96. The fourth-order valence-electron chi connectivity index (χ4n) is 2.96.